The molecule has 1 aromatic carbocycles. The van der Waals surface area contributed by atoms with Gasteiger partial charge in [0.15, 0.2) is 11.5 Å². The lowest BCUT2D eigenvalue weighted by atomic mass is 10.1. The van der Waals surface area contributed by atoms with Gasteiger partial charge < -0.3 is 14.2 Å². The largest absolute Gasteiger partial charge is 0.493 e. The van der Waals surface area contributed by atoms with Crippen LogP contribution in [0.5, 0.6) is 11.5 Å². The third-order valence-corrected chi connectivity index (χ3v) is 5.98. The summed E-state index contributed by atoms with van der Waals surface area (Å²) in [6.07, 6.45) is 0. The summed E-state index contributed by atoms with van der Waals surface area (Å²) in [4.78, 5) is 30.4. The maximum absolute atomic E-state index is 13.3. The van der Waals surface area contributed by atoms with Crippen LogP contribution < -0.4 is 9.47 Å². The van der Waals surface area contributed by atoms with Gasteiger partial charge in [-0.25, -0.2) is 0 Å². The minimum absolute atomic E-state index is 0.177. The first kappa shape index (κ1) is 21.7. The molecule has 0 aromatic heterocycles. The Hall–Kier alpha value is -2.03. The quantitative estimate of drug-likeness (QED) is 0.598. The van der Waals surface area contributed by atoms with Crippen molar-refractivity contribution in [3.05, 3.63) is 28.7 Å². The number of benzene rings is 1. The molecule has 0 unspecified atom stereocenters. The van der Waals surface area contributed by atoms with Crippen LogP contribution in [0.15, 0.2) is 23.1 Å². The van der Waals surface area contributed by atoms with E-state index in [1.807, 2.05) is 13.8 Å². The zero-order chi connectivity index (χ0) is 21.0. The molecular weight excluding hydrogens is 392 g/mol. The van der Waals surface area contributed by atoms with Crippen LogP contribution in [0.25, 0.3) is 5.57 Å². The number of carbonyl (C=O) groups excluding carboxylic acids is 2. The second-order valence-electron chi connectivity index (χ2n) is 7.16. The number of morpholine rings is 1. The molecule has 0 spiro atoms. The summed E-state index contributed by atoms with van der Waals surface area (Å²) < 4.78 is 16.0. The van der Waals surface area contributed by atoms with Crippen molar-refractivity contribution >= 4 is 29.1 Å². The number of methoxy groups -OCH3 is 2. The van der Waals surface area contributed by atoms with E-state index in [2.05, 4.69) is 4.90 Å². The lowest BCUT2D eigenvalue weighted by Crippen LogP contribution is -2.43. The number of amides is 2. The van der Waals surface area contributed by atoms with Crippen molar-refractivity contribution in [2.75, 3.05) is 53.6 Å². The number of hydrogen-bond donors (Lipinski definition) is 0. The lowest BCUT2D eigenvalue weighted by Gasteiger charge is -2.28. The van der Waals surface area contributed by atoms with Gasteiger partial charge in [0.2, 0.25) is 0 Å². The maximum Gasteiger partial charge on any atom is 0.268 e. The first-order chi connectivity index (χ1) is 14.0. The molecular formula is C21H28N2O5S. The molecule has 2 aliphatic heterocycles. The van der Waals surface area contributed by atoms with Crippen LogP contribution in [0.1, 0.15) is 19.4 Å². The fraction of sp³-hybridized carbons (Fsp3) is 0.524. The van der Waals surface area contributed by atoms with Gasteiger partial charge >= 0.3 is 0 Å². The number of hydrogen-bond acceptors (Lipinski definition) is 7. The Morgan fingerprint density at radius 2 is 1.72 bits per heavy atom. The zero-order valence-electron chi connectivity index (χ0n) is 17.4. The van der Waals surface area contributed by atoms with E-state index in [0.717, 1.165) is 13.1 Å². The van der Waals surface area contributed by atoms with Gasteiger partial charge in [-0.15, -0.1) is 11.8 Å². The van der Waals surface area contributed by atoms with Gasteiger partial charge in [-0.1, -0.05) is 19.9 Å². The van der Waals surface area contributed by atoms with Crippen molar-refractivity contribution in [1.82, 2.24) is 9.80 Å². The molecule has 0 aliphatic carbocycles. The van der Waals surface area contributed by atoms with Crippen molar-refractivity contribution in [3.63, 3.8) is 0 Å². The Morgan fingerprint density at radius 1 is 1.03 bits per heavy atom. The van der Waals surface area contributed by atoms with Crippen molar-refractivity contribution in [2.24, 2.45) is 0 Å². The van der Waals surface area contributed by atoms with Crippen molar-refractivity contribution < 1.29 is 23.8 Å². The fourth-order valence-electron chi connectivity index (χ4n) is 3.41. The maximum atomic E-state index is 13.3. The van der Waals surface area contributed by atoms with Gasteiger partial charge in [-0.05, 0) is 17.7 Å². The van der Waals surface area contributed by atoms with Crippen LogP contribution in [0.3, 0.4) is 0 Å². The molecule has 2 amide bonds. The second kappa shape index (κ2) is 9.65. The summed E-state index contributed by atoms with van der Waals surface area (Å²) >= 11 is 1.43. The molecule has 1 aromatic rings. The summed E-state index contributed by atoms with van der Waals surface area (Å²) in [6.45, 7) is 8.06. The Bertz CT molecular complexity index is 802. The third-order valence-electron chi connectivity index (χ3n) is 4.89. The summed E-state index contributed by atoms with van der Waals surface area (Å²) in [7, 11) is 3.12. The Balaban J connectivity index is 1.88. The SMILES string of the molecule is COc1ccc(C2=C(SC(C)C)C(=O)N(CCN3CCOCC3)C2=O)cc1OC. The molecule has 0 atom stereocenters. The molecule has 0 radical (unpaired) electrons. The number of nitrogens with zero attached hydrogens (tertiary/aromatic N) is 2. The van der Waals surface area contributed by atoms with Crippen LogP contribution in [0, 0.1) is 0 Å². The van der Waals surface area contributed by atoms with E-state index in [0.29, 0.717) is 53.8 Å². The fourth-order valence-corrected chi connectivity index (χ4v) is 4.42. The van der Waals surface area contributed by atoms with Crippen molar-refractivity contribution in [2.45, 2.75) is 19.1 Å². The Labute approximate surface area is 176 Å². The van der Waals surface area contributed by atoms with Crippen LogP contribution >= 0.6 is 11.8 Å². The highest BCUT2D eigenvalue weighted by Gasteiger charge is 2.39. The molecule has 8 heteroatoms. The van der Waals surface area contributed by atoms with Gasteiger partial charge in [-0.2, -0.15) is 0 Å². The summed E-state index contributed by atoms with van der Waals surface area (Å²) in [5, 5.41) is 0.177. The van der Waals surface area contributed by atoms with E-state index >= 15 is 0 Å². The topological polar surface area (TPSA) is 68.3 Å². The molecule has 158 valence electrons. The summed E-state index contributed by atoms with van der Waals surface area (Å²) in [5.74, 6) is 0.639. The summed E-state index contributed by atoms with van der Waals surface area (Å²) in [6, 6.07) is 5.31. The smallest absolute Gasteiger partial charge is 0.268 e. The molecule has 0 saturated carbocycles. The average Bonchev–Trinajstić information content (AvgIpc) is 2.95. The lowest BCUT2D eigenvalue weighted by molar-refractivity contribution is -0.136. The van der Waals surface area contributed by atoms with Crippen LogP contribution in [0.2, 0.25) is 0 Å². The van der Waals surface area contributed by atoms with Crippen molar-refractivity contribution in [1.29, 1.82) is 0 Å². The van der Waals surface area contributed by atoms with Crippen molar-refractivity contribution in [3.8, 4) is 11.5 Å². The predicted molar refractivity (Wildman–Crippen MR) is 113 cm³/mol. The average molecular weight is 421 g/mol. The third kappa shape index (κ3) is 4.76. The number of carbonyl (C=O) groups is 2. The van der Waals surface area contributed by atoms with Crippen LogP contribution in [-0.4, -0.2) is 80.5 Å². The van der Waals surface area contributed by atoms with E-state index in [1.54, 1.807) is 32.4 Å². The van der Waals surface area contributed by atoms with E-state index < -0.39 is 0 Å². The molecule has 3 rings (SSSR count). The Kier molecular flexibility index (Phi) is 7.21. The normalized spacial score (nSPS) is 18.2. The van der Waals surface area contributed by atoms with E-state index in [9.17, 15) is 9.59 Å². The molecule has 2 aliphatic rings. The second-order valence-corrected chi connectivity index (χ2v) is 8.74. The number of rotatable bonds is 8. The molecule has 0 N–H and O–H groups in total. The summed E-state index contributed by atoms with van der Waals surface area (Å²) in [5.41, 5.74) is 1.11. The van der Waals surface area contributed by atoms with Crippen LogP contribution in [0.4, 0.5) is 0 Å². The minimum atomic E-state index is -0.251. The first-order valence-corrected chi connectivity index (χ1v) is 10.6. The monoisotopic (exact) mass is 420 g/mol. The number of imide groups is 1. The molecule has 1 saturated heterocycles. The minimum Gasteiger partial charge on any atom is -0.493 e. The molecule has 0 bridgehead atoms. The Morgan fingerprint density at radius 3 is 2.34 bits per heavy atom. The van der Waals surface area contributed by atoms with Gasteiger partial charge in [0, 0.05) is 31.4 Å². The molecule has 2 heterocycles. The highest BCUT2D eigenvalue weighted by Crippen LogP contribution is 2.40. The van der Waals surface area contributed by atoms with E-state index in [1.165, 1.54) is 16.7 Å². The predicted octanol–water partition coefficient (Wildman–Crippen LogP) is 2.26. The van der Waals surface area contributed by atoms with Crippen LogP contribution in [-0.2, 0) is 14.3 Å². The van der Waals surface area contributed by atoms with E-state index in [4.69, 9.17) is 14.2 Å². The first-order valence-electron chi connectivity index (χ1n) is 9.76. The zero-order valence-corrected chi connectivity index (χ0v) is 18.2. The van der Waals surface area contributed by atoms with Gasteiger partial charge in [-0.3, -0.25) is 19.4 Å². The molecule has 7 nitrogen and oxygen atoms in total. The number of ether oxygens (including phenoxy) is 3. The van der Waals surface area contributed by atoms with E-state index in [-0.39, 0.29) is 17.1 Å². The highest BCUT2D eigenvalue weighted by molar-refractivity contribution is 8.04. The van der Waals surface area contributed by atoms with Gasteiger partial charge in [0.25, 0.3) is 11.8 Å². The molecule has 29 heavy (non-hydrogen) atoms. The number of thioether (sulfide) groups is 1. The van der Waals surface area contributed by atoms with Gasteiger partial charge in [0.1, 0.15) is 0 Å². The standard InChI is InChI=1S/C21H28N2O5S/c1-14(2)29-19-18(15-5-6-16(26-3)17(13-15)27-4)20(24)23(21(19)25)8-7-22-9-11-28-12-10-22/h5-6,13-14H,7-12H2,1-4H3. The van der Waals surface area contributed by atoms with Gasteiger partial charge in [0.05, 0.1) is 37.9 Å². The highest BCUT2D eigenvalue weighted by atomic mass is 32.2. The molecule has 1 fully saturated rings.